The molecule has 7 heteroatoms. The van der Waals surface area contributed by atoms with Gasteiger partial charge in [0.05, 0.1) is 5.54 Å². The Morgan fingerprint density at radius 3 is 2.70 bits per heavy atom. The number of carbonyl (C=O) groups is 1. The Balaban J connectivity index is 2.03. The van der Waals surface area contributed by atoms with Gasteiger partial charge >= 0.3 is 0 Å². The van der Waals surface area contributed by atoms with Gasteiger partial charge in [-0.05, 0) is 37.6 Å². The van der Waals surface area contributed by atoms with Crippen molar-refractivity contribution >= 4 is 5.91 Å². The first kappa shape index (κ1) is 15.2. The minimum absolute atomic E-state index is 0.247. The van der Waals surface area contributed by atoms with Crippen molar-refractivity contribution in [2.45, 2.75) is 25.7 Å². The van der Waals surface area contributed by atoms with Gasteiger partial charge in [0.25, 0.3) is 0 Å². The summed E-state index contributed by atoms with van der Waals surface area (Å²) in [7, 11) is 0. The number of hydrogen-bond donors (Lipinski definition) is 1. The predicted octanol–water partition coefficient (Wildman–Crippen LogP) is 2.50. The number of halogens is 2. The van der Waals surface area contributed by atoms with Gasteiger partial charge in [-0.3, -0.25) is 4.79 Å². The Bertz CT molecular complexity index is 755. The Morgan fingerprint density at radius 1 is 1.26 bits per heavy atom. The third-order valence-corrected chi connectivity index (χ3v) is 3.97. The second kappa shape index (κ2) is 5.49. The van der Waals surface area contributed by atoms with Crippen molar-refractivity contribution in [3.63, 3.8) is 0 Å². The summed E-state index contributed by atoms with van der Waals surface area (Å²) in [5, 5.41) is 6.96. The maximum Gasteiger partial charge on any atom is 0.248 e. The standard InChI is InChI=1S/C16H16F2N4O/c1-16(2,11-4-5-12(17)13(18)10-11)21-9-6-14(23)20-15(21)22-8-3-7-19-22/h3-10,15H,1-2H3,(H,20,23). The van der Waals surface area contributed by atoms with E-state index < -0.39 is 23.5 Å². The van der Waals surface area contributed by atoms with Crippen LogP contribution >= 0.6 is 0 Å². The van der Waals surface area contributed by atoms with Crippen LogP contribution in [0.4, 0.5) is 8.78 Å². The van der Waals surface area contributed by atoms with E-state index in [9.17, 15) is 13.6 Å². The lowest BCUT2D eigenvalue weighted by Crippen LogP contribution is -2.52. The van der Waals surface area contributed by atoms with Crippen molar-refractivity contribution in [2.75, 3.05) is 0 Å². The highest BCUT2D eigenvalue weighted by atomic mass is 19.2. The molecule has 1 aromatic heterocycles. The van der Waals surface area contributed by atoms with E-state index in [-0.39, 0.29) is 5.91 Å². The molecule has 1 aromatic carbocycles. The van der Waals surface area contributed by atoms with Gasteiger partial charge in [-0.25, -0.2) is 13.5 Å². The van der Waals surface area contributed by atoms with Crippen LogP contribution in [-0.2, 0) is 10.3 Å². The summed E-state index contributed by atoms with van der Waals surface area (Å²) in [6, 6.07) is 5.54. The molecule has 1 aliphatic rings. The van der Waals surface area contributed by atoms with Crippen LogP contribution < -0.4 is 5.32 Å². The van der Waals surface area contributed by atoms with Crippen LogP contribution in [0.25, 0.3) is 0 Å². The Labute approximate surface area is 132 Å². The van der Waals surface area contributed by atoms with Crippen LogP contribution in [-0.4, -0.2) is 20.6 Å². The zero-order valence-electron chi connectivity index (χ0n) is 12.7. The van der Waals surface area contributed by atoms with Crippen molar-refractivity contribution in [1.82, 2.24) is 20.0 Å². The molecule has 1 aliphatic heterocycles. The van der Waals surface area contributed by atoms with E-state index >= 15 is 0 Å². The largest absolute Gasteiger partial charge is 0.330 e. The topological polar surface area (TPSA) is 50.2 Å². The molecule has 1 atom stereocenters. The van der Waals surface area contributed by atoms with Crippen LogP contribution in [0.2, 0.25) is 0 Å². The average Bonchev–Trinajstić information content (AvgIpc) is 3.03. The van der Waals surface area contributed by atoms with Gasteiger partial charge < -0.3 is 10.2 Å². The van der Waals surface area contributed by atoms with Crippen molar-refractivity contribution in [1.29, 1.82) is 0 Å². The van der Waals surface area contributed by atoms with Crippen molar-refractivity contribution < 1.29 is 13.6 Å². The first-order valence-corrected chi connectivity index (χ1v) is 7.11. The summed E-state index contributed by atoms with van der Waals surface area (Å²) in [5.74, 6) is -2.05. The Hall–Kier alpha value is -2.70. The lowest BCUT2D eigenvalue weighted by molar-refractivity contribution is -0.122. The lowest BCUT2D eigenvalue weighted by atomic mass is 9.92. The molecule has 0 radical (unpaired) electrons. The highest BCUT2D eigenvalue weighted by Gasteiger charge is 2.36. The van der Waals surface area contributed by atoms with Gasteiger partial charge in [-0.15, -0.1) is 0 Å². The predicted molar refractivity (Wildman–Crippen MR) is 79.8 cm³/mol. The second-order valence-electron chi connectivity index (χ2n) is 5.78. The van der Waals surface area contributed by atoms with Crippen LogP contribution in [0.15, 0.2) is 48.9 Å². The number of aromatic nitrogens is 2. The molecule has 1 unspecified atom stereocenters. The lowest BCUT2D eigenvalue weighted by Gasteiger charge is -2.45. The van der Waals surface area contributed by atoms with E-state index in [4.69, 9.17) is 0 Å². The van der Waals surface area contributed by atoms with Gasteiger partial charge in [-0.2, -0.15) is 5.10 Å². The van der Waals surface area contributed by atoms with Crippen LogP contribution in [0.5, 0.6) is 0 Å². The molecular formula is C16H16F2N4O. The van der Waals surface area contributed by atoms with Gasteiger partial charge in [0.15, 0.2) is 11.6 Å². The third kappa shape index (κ3) is 2.69. The SMILES string of the molecule is CC(C)(c1ccc(F)c(F)c1)N1C=CC(=O)NC1n1cccn1. The molecule has 0 fully saturated rings. The molecule has 0 aliphatic carbocycles. The maximum absolute atomic E-state index is 13.6. The van der Waals surface area contributed by atoms with E-state index in [1.165, 1.54) is 18.2 Å². The first-order valence-electron chi connectivity index (χ1n) is 7.11. The molecule has 0 spiro atoms. The average molecular weight is 318 g/mol. The molecule has 1 amide bonds. The molecule has 120 valence electrons. The van der Waals surface area contributed by atoms with Gasteiger partial charge in [0.2, 0.25) is 12.2 Å². The van der Waals surface area contributed by atoms with E-state index in [0.29, 0.717) is 5.56 Å². The number of hydrogen-bond acceptors (Lipinski definition) is 3. The monoisotopic (exact) mass is 318 g/mol. The van der Waals surface area contributed by atoms with Crippen LogP contribution in [0.1, 0.15) is 25.7 Å². The molecule has 0 bridgehead atoms. The fourth-order valence-corrected chi connectivity index (χ4v) is 2.61. The fourth-order valence-electron chi connectivity index (χ4n) is 2.61. The van der Waals surface area contributed by atoms with Gasteiger partial charge in [-0.1, -0.05) is 6.07 Å². The smallest absolute Gasteiger partial charge is 0.248 e. The molecule has 2 heterocycles. The molecule has 5 nitrogen and oxygen atoms in total. The number of rotatable bonds is 3. The number of nitrogens with zero attached hydrogens (tertiary/aromatic N) is 3. The number of amides is 1. The van der Waals surface area contributed by atoms with E-state index in [1.54, 1.807) is 29.3 Å². The number of carbonyl (C=O) groups excluding carboxylic acids is 1. The molecule has 1 N–H and O–H groups in total. The van der Waals surface area contributed by atoms with Gasteiger partial charge in [0, 0.05) is 24.7 Å². The summed E-state index contributed by atoms with van der Waals surface area (Å²) in [6.45, 7) is 3.72. The summed E-state index contributed by atoms with van der Waals surface area (Å²) in [6.07, 6.45) is 5.78. The number of nitrogens with one attached hydrogen (secondary N) is 1. The van der Waals surface area contributed by atoms with Crippen molar-refractivity contribution in [3.8, 4) is 0 Å². The normalized spacial score (nSPS) is 18.2. The molecular weight excluding hydrogens is 302 g/mol. The molecule has 3 rings (SSSR count). The first-order chi connectivity index (χ1) is 10.9. The minimum atomic E-state index is -0.906. The van der Waals surface area contributed by atoms with Crippen LogP contribution in [0, 0.1) is 11.6 Å². The Kier molecular flexibility index (Phi) is 3.63. The van der Waals surface area contributed by atoms with E-state index in [1.807, 2.05) is 18.7 Å². The highest BCUT2D eigenvalue weighted by Crippen LogP contribution is 2.34. The molecule has 0 saturated heterocycles. The minimum Gasteiger partial charge on any atom is -0.330 e. The number of benzene rings is 1. The van der Waals surface area contributed by atoms with Crippen molar-refractivity contribution in [3.05, 3.63) is 66.1 Å². The summed E-state index contributed by atoms with van der Waals surface area (Å²) < 4.78 is 28.4. The Morgan fingerprint density at radius 2 is 2.04 bits per heavy atom. The maximum atomic E-state index is 13.6. The zero-order chi connectivity index (χ0) is 16.6. The quantitative estimate of drug-likeness (QED) is 0.946. The summed E-state index contributed by atoms with van der Waals surface area (Å²) in [5.41, 5.74) is -0.135. The zero-order valence-corrected chi connectivity index (χ0v) is 12.7. The van der Waals surface area contributed by atoms with Crippen LogP contribution in [0.3, 0.4) is 0 Å². The van der Waals surface area contributed by atoms with Gasteiger partial charge in [0.1, 0.15) is 0 Å². The summed E-state index contributed by atoms with van der Waals surface area (Å²) in [4.78, 5) is 13.5. The molecule has 0 saturated carbocycles. The van der Waals surface area contributed by atoms with E-state index in [0.717, 1.165) is 6.07 Å². The summed E-state index contributed by atoms with van der Waals surface area (Å²) >= 11 is 0. The second-order valence-corrected chi connectivity index (χ2v) is 5.78. The third-order valence-electron chi connectivity index (χ3n) is 3.97. The highest BCUT2D eigenvalue weighted by molar-refractivity contribution is 5.88. The van der Waals surface area contributed by atoms with E-state index in [2.05, 4.69) is 10.4 Å². The van der Waals surface area contributed by atoms with Crippen molar-refractivity contribution in [2.24, 2.45) is 0 Å². The fraction of sp³-hybridized carbons (Fsp3) is 0.250. The molecule has 23 heavy (non-hydrogen) atoms. The molecule has 2 aromatic rings.